The zero-order valence-corrected chi connectivity index (χ0v) is 12.7. The van der Waals surface area contributed by atoms with Crippen LogP contribution in [0.25, 0.3) is 0 Å². The van der Waals surface area contributed by atoms with Crippen LogP contribution in [0, 0.1) is 0 Å². The van der Waals surface area contributed by atoms with Crippen molar-refractivity contribution in [3.63, 3.8) is 0 Å². The number of carbonyl (C=O) groups is 1. The first-order valence-electron chi connectivity index (χ1n) is 7.29. The molecule has 1 aliphatic rings. The van der Waals surface area contributed by atoms with Gasteiger partial charge < -0.3 is 9.73 Å². The zero-order chi connectivity index (χ0) is 15.0. The van der Waals surface area contributed by atoms with Gasteiger partial charge in [0.25, 0.3) is 6.01 Å². The zero-order valence-electron chi connectivity index (χ0n) is 12.7. The number of fused-ring (bicyclic) bond motifs is 1. The topological polar surface area (TPSA) is 55.1 Å². The van der Waals surface area contributed by atoms with Gasteiger partial charge in [-0.3, -0.25) is 4.79 Å². The molecule has 0 fully saturated rings. The minimum atomic E-state index is -0.0704. The molecule has 0 spiro atoms. The van der Waals surface area contributed by atoms with Crippen LogP contribution < -0.4 is 5.32 Å². The van der Waals surface area contributed by atoms with Crippen molar-refractivity contribution in [3.8, 4) is 0 Å². The summed E-state index contributed by atoms with van der Waals surface area (Å²) in [6.07, 6.45) is 3.71. The van der Waals surface area contributed by atoms with Gasteiger partial charge in [-0.1, -0.05) is 32.9 Å². The van der Waals surface area contributed by atoms with Gasteiger partial charge in [0, 0.05) is 23.9 Å². The first kappa shape index (κ1) is 13.9. The first-order chi connectivity index (χ1) is 9.93. The van der Waals surface area contributed by atoms with E-state index >= 15 is 0 Å². The predicted octanol–water partition coefficient (Wildman–Crippen LogP) is 3.77. The van der Waals surface area contributed by atoms with E-state index in [1.807, 2.05) is 12.1 Å². The van der Waals surface area contributed by atoms with Crippen LogP contribution >= 0.6 is 0 Å². The van der Waals surface area contributed by atoms with Crippen LogP contribution in [0.2, 0.25) is 0 Å². The lowest BCUT2D eigenvalue weighted by atomic mass is 9.89. The highest BCUT2D eigenvalue weighted by atomic mass is 16.4. The van der Waals surface area contributed by atoms with Crippen LogP contribution in [0.5, 0.6) is 0 Å². The van der Waals surface area contributed by atoms with Gasteiger partial charge in [0.15, 0.2) is 0 Å². The van der Waals surface area contributed by atoms with Crippen LogP contribution in [0.1, 0.15) is 44.1 Å². The number of aryl methyl sites for hydroxylation is 1. The Kier molecular flexibility index (Phi) is 3.32. The van der Waals surface area contributed by atoms with Gasteiger partial charge in [-0.05, 0) is 23.6 Å². The third kappa shape index (κ3) is 2.84. The number of anilines is 2. The number of Topliss-reactive ketones (excluding diaryl/α,β-unsaturated/α-hetero) is 1. The molecule has 1 aromatic heterocycles. The average molecular weight is 284 g/mol. The summed E-state index contributed by atoms with van der Waals surface area (Å²) in [4.78, 5) is 16.0. The number of carbonyl (C=O) groups excluding carboxylic acids is 1. The van der Waals surface area contributed by atoms with Crippen molar-refractivity contribution in [1.82, 2.24) is 4.98 Å². The lowest BCUT2D eigenvalue weighted by molar-refractivity contribution is -0.118. The summed E-state index contributed by atoms with van der Waals surface area (Å²) in [5, 5.41) is 3.22. The Labute approximate surface area is 124 Å². The molecule has 21 heavy (non-hydrogen) atoms. The van der Waals surface area contributed by atoms with Crippen molar-refractivity contribution in [2.45, 2.75) is 45.4 Å². The Morgan fingerprint density at radius 1 is 1.24 bits per heavy atom. The highest BCUT2D eigenvalue weighted by Crippen LogP contribution is 2.30. The molecule has 1 aliphatic carbocycles. The van der Waals surface area contributed by atoms with Crippen LogP contribution in [0.3, 0.4) is 0 Å². The lowest BCUT2D eigenvalue weighted by Gasteiger charge is -2.18. The monoisotopic (exact) mass is 284 g/mol. The summed E-state index contributed by atoms with van der Waals surface area (Å²) in [6.45, 7) is 6.25. The SMILES string of the molecule is CC(C)(C)c1cnc(Nc2cccc3c2CC(=O)CC3)o1. The van der Waals surface area contributed by atoms with Gasteiger partial charge in [0.05, 0.1) is 6.20 Å². The van der Waals surface area contributed by atoms with Gasteiger partial charge in [0.1, 0.15) is 11.5 Å². The van der Waals surface area contributed by atoms with Gasteiger partial charge in [-0.25, -0.2) is 4.98 Å². The van der Waals surface area contributed by atoms with Crippen molar-refractivity contribution < 1.29 is 9.21 Å². The standard InChI is InChI=1S/C17H20N2O2/c1-17(2,3)15-10-18-16(21-15)19-14-6-4-5-11-7-8-12(20)9-13(11)14/h4-6,10H,7-9H2,1-3H3,(H,18,19). The Morgan fingerprint density at radius 2 is 2.05 bits per heavy atom. The summed E-state index contributed by atoms with van der Waals surface area (Å²) < 4.78 is 5.76. The van der Waals surface area contributed by atoms with E-state index in [1.165, 1.54) is 5.56 Å². The second-order valence-electron chi connectivity index (χ2n) is 6.56. The highest BCUT2D eigenvalue weighted by Gasteiger charge is 2.21. The predicted molar refractivity (Wildman–Crippen MR) is 82.0 cm³/mol. The van der Waals surface area contributed by atoms with Crippen molar-refractivity contribution in [1.29, 1.82) is 0 Å². The second-order valence-corrected chi connectivity index (χ2v) is 6.56. The Hall–Kier alpha value is -2.10. The molecule has 1 heterocycles. The lowest BCUT2D eigenvalue weighted by Crippen LogP contribution is -2.14. The van der Waals surface area contributed by atoms with E-state index in [0.29, 0.717) is 24.6 Å². The number of benzene rings is 1. The second kappa shape index (κ2) is 5.02. The third-order valence-electron chi connectivity index (χ3n) is 3.81. The molecule has 0 atom stereocenters. The molecular formula is C17H20N2O2. The van der Waals surface area contributed by atoms with Gasteiger partial charge in [0.2, 0.25) is 0 Å². The Bertz CT molecular complexity index is 680. The maximum atomic E-state index is 11.7. The van der Waals surface area contributed by atoms with Gasteiger partial charge in [-0.2, -0.15) is 0 Å². The summed E-state index contributed by atoms with van der Waals surface area (Å²) in [5.41, 5.74) is 3.16. The van der Waals surface area contributed by atoms with E-state index in [-0.39, 0.29) is 5.41 Å². The number of hydrogen-bond donors (Lipinski definition) is 1. The van der Waals surface area contributed by atoms with E-state index in [0.717, 1.165) is 23.4 Å². The van der Waals surface area contributed by atoms with Crippen molar-refractivity contribution in [2.75, 3.05) is 5.32 Å². The van der Waals surface area contributed by atoms with Crippen molar-refractivity contribution in [3.05, 3.63) is 41.3 Å². The molecule has 0 saturated carbocycles. The molecule has 3 rings (SSSR count). The normalized spacial score (nSPS) is 14.9. The molecule has 0 saturated heterocycles. The van der Waals surface area contributed by atoms with Crippen LogP contribution in [0.4, 0.5) is 11.7 Å². The molecule has 2 aromatic rings. The summed E-state index contributed by atoms with van der Waals surface area (Å²) in [7, 11) is 0. The Morgan fingerprint density at radius 3 is 2.76 bits per heavy atom. The number of hydrogen-bond acceptors (Lipinski definition) is 4. The minimum absolute atomic E-state index is 0.0704. The summed E-state index contributed by atoms with van der Waals surface area (Å²) >= 11 is 0. The van der Waals surface area contributed by atoms with Crippen molar-refractivity contribution in [2.24, 2.45) is 0 Å². The van der Waals surface area contributed by atoms with E-state index in [4.69, 9.17) is 4.42 Å². The van der Waals surface area contributed by atoms with Crippen LogP contribution in [-0.4, -0.2) is 10.8 Å². The van der Waals surface area contributed by atoms with E-state index in [9.17, 15) is 4.79 Å². The number of nitrogens with zero attached hydrogens (tertiary/aromatic N) is 1. The number of aromatic nitrogens is 1. The summed E-state index contributed by atoms with van der Waals surface area (Å²) in [5.74, 6) is 1.13. The quantitative estimate of drug-likeness (QED) is 0.912. The molecule has 0 amide bonds. The van der Waals surface area contributed by atoms with Gasteiger partial charge >= 0.3 is 0 Å². The van der Waals surface area contributed by atoms with Crippen molar-refractivity contribution >= 4 is 17.5 Å². The Balaban J connectivity index is 1.89. The van der Waals surface area contributed by atoms with Crippen LogP contribution in [-0.2, 0) is 23.1 Å². The fourth-order valence-electron chi connectivity index (χ4n) is 2.55. The fourth-order valence-corrected chi connectivity index (χ4v) is 2.55. The molecule has 0 aliphatic heterocycles. The number of ketones is 1. The van der Waals surface area contributed by atoms with Gasteiger partial charge in [-0.15, -0.1) is 0 Å². The van der Waals surface area contributed by atoms with E-state index in [1.54, 1.807) is 6.20 Å². The smallest absolute Gasteiger partial charge is 0.299 e. The van der Waals surface area contributed by atoms with E-state index < -0.39 is 0 Å². The van der Waals surface area contributed by atoms with E-state index in [2.05, 4.69) is 37.1 Å². The van der Waals surface area contributed by atoms with Crippen LogP contribution in [0.15, 0.2) is 28.8 Å². The molecule has 0 unspecified atom stereocenters. The maximum absolute atomic E-state index is 11.7. The minimum Gasteiger partial charge on any atom is -0.428 e. The molecule has 1 N–H and O–H groups in total. The molecule has 1 aromatic carbocycles. The largest absolute Gasteiger partial charge is 0.428 e. The molecule has 0 bridgehead atoms. The number of oxazole rings is 1. The highest BCUT2D eigenvalue weighted by molar-refractivity contribution is 5.85. The molecule has 4 nitrogen and oxygen atoms in total. The first-order valence-corrected chi connectivity index (χ1v) is 7.29. The third-order valence-corrected chi connectivity index (χ3v) is 3.81. The average Bonchev–Trinajstić information content (AvgIpc) is 2.88. The maximum Gasteiger partial charge on any atom is 0.299 e. The number of nitrogens with one attached hydrogen (secondary N) is 1. The molecule has 110 valence electrons. The number of rotatable bonds is 2. The fraction of sp³-hybridized carbons (Fsp3) is 0.412. The molecule has 0 radical (unpaired) electrons. The summed E-state index contributed by atoms with van der Waals surface area (Å²) in [6, 6.07) is 6.54. The molecule has 4 heteroatoms. The molecular weight excluding hydrogens is 264 g/mol.